The van der Waals surface area contributed by atoms with Gasteiger partial charge >= 0.3 is 0 Å². The van der Waals surface area contributed by atoms with E-state index in [1.807, 2.05) is 24.3 Å². The normalized spacial score (nSPS) is 22.3. The van der Waals surface area contributed by atoms with Gasteiger partial charge < -0.3 is 10.6 Å². The predicted octanol–water partition coefficient (Wildman–Crippen LogP) is 4.51. The summed E-state index contributed by atoms with van der Waals surface area (Å²) in [5.41, 5.74) is 7.68. The van der Waals surface area contributed by atoms with E-state index >= 15 is 0 Å². The number of anilines is 1. The molecule has 3 rings (SSSR count). The van der Waals surface area contributed by atoms with Gasteiger partial charge in [0, 0.05) is 37.5 Å². The summed E-state index contributed by atoms with van der Waals surface area (Å²) in [5, 5.41) is 0. The number of rotatable bonds is 8. The summed E-state index contributed by atoms with van der Waals surface area (Å²) < 4.78 is 0. The van der Waals surface area contributed by atoms with Crippen LogP contribution in [0.25, 0.3) is 0 Å². The van der Waals surface area contributed by atoms with Gasteiger partial charge in [-0.05, 0) is 68.6 Å². The van der Waals surface area contributed by atoms with Crippen molar-refractivity contribution in [2.45, 2.75) is 83.1 Å². The summed E-state index contributed by atoms with van der Waals surface area (Å²) in [5.74, 6) is 1.29. The highest BCUT2D eigenvalue weighted by atomic mass is 16.2. The minimum atomic E-state index is 0.279. The molecule has 2 fully saturated rings. The smallest absolute Gasteiger partial charge is 0.222 e. The number of Topliss-reactive ketones (excluding diaryl/α,β-unsaturated/α-hetero) is 1. The average molecular weight is 371 g/mol. The lowest BCUT2D eigenvalue weighted by atomic mass is 9.78. The molecule has 0 bridgehead atoms. The minimum Gasteiger partial charge on any atom is -0.399 e. The molecular weight excluding hydrogens is 336 g/mol. The molecule has 2 aliphatic rings. The monoisotopic (exact) mass is 370 g/mol. The highest BCUT2D eigenvalue weighted by molar-refractivity contribution is 5.80. The molecule has 1 saturated carbocycles. The number of hydrogen-bond acceptors (Lipinski definition) is 3. The van der Waals surface area contributed by atoms with E-state index in [0.717, 1.165) is 37.4 Å². The second kappa shape index (κ2) is 9.91. The predicted molar refractivity (Wildman–Crippen MR) is 109 cm³/mol. The molecule has 2 unspecified atom stereocenters. The number of hydrogen-bond donors (Lipinski definition) is 1. The Morgan fingerprint density at radius 1 is 0.926 bits per heavy atom. The number of ketones is 1. The molecule has 148 valence electrons. The molecule has 27 heavy (non-hydrogen) atoms. The van der Waals surface area contributed by atoms with Gasteiger partial charge in [-0.2, -0.15) is 0 Å². The molecule has 2 atom stereocenters. The number of carbonyl (C=O) groups excluding carboxylic acids is 2. The molecule has 4 heteroatoms. The van der Waals surface area contributed by atoms with E-state index in [4.69, 9.17) is 5.73 Å². The van der Waals surface area contributed by atoms with E-state index in [-0.39, 0.29) is 11.7 Å². The molecule has 1 aromatic rings. The van der Waals surface area contributed by atoms with Crippen molar-refractivity contribution in [1.82, 2.24) is 4.90 Å². The van der Waals surface area contributed by atoms with Crippen molar-refractivity contribution < 1.29 is 9.59 Å². The maximum atomic E-state index is 12.7. The number of fused-ring (bicyclic) bond motifs is 1. The summed E-state index contributed by atoms with van der Waals surface area (Å²) in [6.07, 6.45) is 11.7. The van der Waals surface area contributed by atoms with E-state index in [9.17, 15) is 9.59 Å². The van der Waals surface area contributed by atoms with Crippen molar-refractivity contribution in [2.24, 2.45) is 5.92 Å². The average Bonchev–Trinajstić information content (AvgIpc) is 2.69. The molecule has 1 amide bonds. The molecule has 2 N–H and O–H groups in total. The summed E-state index contributed by atoms with van der Waals surface area (Å²) in [4.78, 5) is 26.9. The summed E-state index contributed by atoms with van der Waals surface area (Å²) in [7, 11) is 0. The largest absolute Gasteiger partial charge is 0.399 e. The van der Waals surface area contributed by atoms with Crippen LogP contribution in [0.4, 0.5) is 5.69 Å². The summed E-state index contributed by atoms with van der Waals surface area (Å²) in [6.45, 7) is 0.926. The molecule has 1 aliphatic carbocycles. The maximum absolute atomic E-state index is 12.7. The van der Waals surface area contributed by atoms with Crippen LogP contribution in [0.2, 0.25) is 0 Å². The fraction of sp³-hybridized carbons (Fsp3) is 0.652. The number of nitrogen functional groups attached to an aromatic ring is 1. The zero-order chi connectivity index (χ0) is 19.1. The van der Waals surface area contributed by atoms with Gasteiger partial charge in [0.1, 0.15) is 5.78 Å². The third kappa shape index (κ3) is 5.82. The van der Waals surface area contributed by atoms with Gasteiger partial charge in [0.05, 0.1) is 0 Å². The van der Waals surface area contributed by atoms with Crippen LogP contribution in [0.1, 0.15) is 76.2 Å². The zero-order valence-electron chi connectivity index (χ0n) is 16.5. The van der Waals surface area contributed by atoms with E-state index in [2.05, 4.69) is 4.90 Å². The van der Waals surface area contributed by atoms with Gasteiger partial charge in [-0.3, -0.25) is 9.59 Å². The van der Waals surface area contributed by atoms with Crippen molar-refractivity contribution in [2.75, 3.05) is 12.3 Å². The van der Waals surface area contributed by atoms with Crippen LogP contribution in [0.5, 0.6) is 0 Å². The SMILES string of the molecule is Nc1ccc(CCCC(=O)CCCC(=O)N2CCCC3CCCCC32)cc1. The van der Waals surface area contributed by atoms with Crippen LogP contribution in [0, 0.1) is 5.92 Å². The number of benzene rings is 1. The van der Waals surface area contributed by atoms with E-state index in [1.54, 1.807) is 0 Å². The van der Waals surface area contributed by atoms with Gasteiger partial charge in [-0.1, -0.05) is 25.0 Å². The fourth-order valence-corrected chi connectivity index (χ4v) is 4.81. The number of aryl methyl sites for hydroxylation is 1. The van der Waals surface area contributed by atoms with Crippen molar-refractivity contribution in [3.63, 3.8) is 0 Å². The van der Waals surface area contributed by atoms with Crippen LogP contribution in [-0.2, 0) is 16.0 Å². The second-order valence-corrected chi connectivity index (χ2v) is 8.33. The van der Waals surface area contributed by atoms with Gasteiger partial charge in [0.25, 0.3) is 0 Å². The lowest BCUT2D eigenvalue weighted by Gasteiger charge is -2.44. The molecule has 1 heterocycles. The van der Waals surface area contributed by atoms with Crippen LogP contribution in [-0.4, -0.2) is 29.2 Å². The first-order valence-corrected chi connectivity index (χ1v) is 10.8. The fourth-order valence-electron chi connectivity index (χ4n) is 4.81. The Bertz CT molecular complexity index is 624. The molecule has 1 aromatic carbocycles. The molecule has 0 aromatic heterocycles. The number of piperidine rings is 1. The highest BCUT2D eigenvalue weighted by Gasteiger charge is 2.35. The van der Waals surface area contributed by atoms with Crippen molar-refractivity contribution in [1.29, 1.82) is 0 Å². The Morgan fingerprint density at radius 2 is 1.63 bits per heavy atom. The summed E-state index contributed by atoms with van der Waals surface area (Å²) in [6, 6.07) is 8.33. The van der Waals surface area contributed by atoms with Crippen molar-refractivity contribution >= 4 is 17.4 Å². The topological polar surface area (TPSA) is 63.4 Å². The number of amides is 1. The molecule has 0 spiro atoms. The van der Waals surface area contributed by atoms with E-state index in [0.29, 0.717) is 31.7 Å². The van der Waals surface area contributed by atoms with Crippen LogP contribution in [0.15, 0.2) is 24.3 Å². The Hall–Kier alpha value is -1.84. The highest BCUT2D eigenvalue weighted by Crippen LogP contribution is 2.35. The first kappa shape index (κ1) is 19.9. The Balaban J connectivity index is 1.33. The third-order valence-electron chi connectivity index (χ3n) is 6.31. The lowest BCUT2D eigenvalue weighted by Crippen LogP contribution is -2.49. The van der Waals surface area contributed by atoms with Crippen molar-refractivity contribution in [3.05, 3.63) is 29.8 Å². The maximum Gasteiger partial charge on any atom is 0.222 e. The third-order valence-corrected chi connectivity index (χ3v) is 6.31. The zero-order valence-corrected chi connectivity index (χ0v) is 16.5. The number of nitrogens with zero attached hydrogens (tertiary/aromatic N) is 1. The van der Waals surface area contributed by atoms with Gasteiger partial charge in [0.2, 0.25) is 5.91 Å². The Labute approximate surface area is 163 Å². The minimum absolute atomic E-state index is 0.279. The second-order valence-electron chi connectivity index (χ2n) is 8.33. The Morgan fingerprint density at radius 3 is 2.44 bits per heavy atom. The molecule has 1 saturated heterocycles. The first-order valence-electron chi connectivity index (χ1n) is 10.8. The lowest BCUT2D eigenvalue weighted by molar-refractivity contribution is -0.137. The number of likely N-dealkylation sites (tertiary alicyclic amines) is 1. The van der Waals surface area contributed by atoms with Crippen molar-refractivity contribution in [3.8, 4) is 0 Å². The molecule has 0 radical (unpaired) electrons. The summed E-state index contributed by atoms with van der Waals surface area (Å²) >= 11 is 0. The molecular formula is C23H34N2O2. The van der Waals surface area contributed by atoms with Gasteiger partial charge in [0.15, 0.2) is 0 Å². The van der Waals surface area contributed by atoms with E-state index < -0.39 is 0 Å². The van der Waals surface area contributed by atoms with Crippen LogP contribution < -0.4 is 5.73 Å². The van der Waals surface area contributed by atoms with E-state index in [1.165, 1.54) is 37.7 Å². The van der Waals surface area contributed by atoms with Gasteiger partial charge in [-0.25, -0.2) is 0 Å². The number of carbonyl (C=O) groups is 2. The van der Waals surface area contributed by atoms with Crippen LogP contribution >= 0.6 is 0 Å². The quantitative estimate of drug-likeness (QED) is 0.685. The van der Waals surface area contributed by atoms with Crippen LogP contribution in [0.3, 0.4) is 0 Å². The first-order chi connectivity index (χ1) is 13.1. The van der Waals surface area contributed by atoms with Gasteiger partial charge in [-0.15, -0.1) is 0 Å². The standard InChI is InChI=1S/C23H34N2O2/c24-20-15-13-18(14-16-20)6-3-9-21(26)10-4-12-23(27)25-17-5-8-19-7-1-2-11-22(19)25/h13-16,19,22H,1-12,17,24H2. The molecule has 4 nitrogen and oxygen atoms in total. The molecule has 1 aliphatic heterocycles. The number of nitrogens with two attached hydrogens (primary N) is 1. The Kier molecular flexibility index (Phi) is 7.31.